The number of alkyl halides is 3. The van der Waals surface area contributed by atoms with E-state index < -0.39 is 23.7 Å². The zero-order chi connectivity index (χ0) is 20.9. The van der Waals surface area contributed by atoms with Gasteiger partial charge in [0, 0.05) is 6.08 Å². The summed E-state index contributed by atoms with van der Waals surface area (Å²) in [5.74, 6) is 0.326. The summed E-state index contributed by atoms with van der Waals surface area (Å²) in [4.78, 5) is 12.1. The Labute approximate surface area is 165 Å². The van der Waals surface area contributed by atoms with E-state index in [1.165, 1.54) is 38.5 Å². The van der Waals surface area contributed by atoms with E-state index in [0.717, 1.165) is 12.1 Å². The van der Waals surface area contributed by atoms with Crippen LogP contribution in [0.4, 0.5) is 13.2 Å². The van der Waals surface area contributed by atoms with Crippen LogP contribution in [0.2, 0.25) is 5.02 Å². The maximum absolute atomic E-state index is 12.8. The molecule has 1 N–H and O–H groups in total. The SMILES string of the molecule is COc1cc(/C=C/C(=O)NC(C)c2cccc(C(F)(F)F)c2)cc(Cl)c1OC. The number of carbonyl (C=O) groups is 1. The molecule has 2 aromatic rings. The first kappa shape index (κ1) is 21.6. The first-order chi connectivity index (χ1) is 13.2. The summed E-state index contributed by atoms with van der Waals surface area (Å²) < 4.78 is 48.8. The summed E-state index contributed by atoms with van der Waals surface area (Å²) in [7, 11) is 2.92. The summed E-state index contributed by atoms with van der Waals surface area (Å²) in [6.45, 7) is 1.61. The number of amides is 1. The third-order valence-corrected chi connectivity index (χ3v) is 4.24. The van der Waals surface area contributed by atoms with Gasteiger partial charge >= 0.3 is 6.18 Å². The molecule has 0 radical (unpaired) electrons. The monoisotopic (exact) mass is 413 g/mol. The van der Waals surface area contributed by atoms with Gasteiger partial charge < -0.3 is 14.8 Å². The maximum atomic E-state index is 12.8. The fraction of sp³-hybridized carbons (Fsp3) is 0.250. The molecule has 0 aliphatic rings. The van der Waals surface area contributed by atoms with Gasteiger partial charge in [-0.05, 0) is 48.4 Å². The molecule has 1 atom stereocenters. The molecule has 1 amide bonds. The molecule has 150 valence electrons. The van der Waals surface area contributed by atoms with Crippen molar-refractivity contribution in [2.75, 3.05) is 14.2 Å². The average Bonchev–Trinajstić information content (AvgIpc) is 2.65. The predicted octanol–water partition coefficient (Wildman–Crippen LogP) is 5.27. The summed E-state index contributed by atoms with van der Waals surface area (Å²) in [5, 5.41) is 2.95. The zero-order valence-corrected chi connectivity index (χ0v) is 16.2. The van der Waals surface area contributed by atoms with Gasteiger partial charge in [-0.1, -0.05) is 23.7 Å². The van der Waals surface area contributed by atoms with E-state index in [2.05, 4.69) is 5.32 Å². The van der Waals surface area contributed by atoms with Crippen LogP contribution in [0.1, 0.15) is 29.7 Å². The van der Waals surface area contributed by atoms with Crippen LogP contribution in [-0.2, 0) is 11.0 Å². The molecular formula is C20H19ClF3NO3. The Morgan fingerprint density at radius 2 is 1.89 bits per heavy atom. The van der Waals surface area contributed by atoms with Gasteiger partial charge in [-0.2, -0.15) is 13.2 Å². The van der Waals surface area contributed by atoms with Gasteiger partial charge in [0.15, 0.2) is 11.5 Å². The van der Waals surface area contributed by atoms with Crippen LogP contribution in [0, 0.1) is 0 Å². The molecule has 0 aliphatic heterocycles. The maximum Gasteiger partial charge on any atom is 0.416 e. The minimum Gasteiger partial charge on any atom is -0.493 e. The lowest BCUT2D eigenvalue weighted by molar-refractivity contribution is -0.137. The first-order valence-electron chi connectivity index (χ1n) is 8.23. The first-order valence-corrected chi connectivity index (χ1v) is 8.60. The van der Waals surface area contributed by atoms with Crippen LogP contribution in [0.15, 0.2) is 42.5 Å². The highest BCUT2D eigenvalue weighted by Crippen LogP contribution is 2.36. The van der Waals surface area contributed by atoms with Gasteiger partial charge in [-0.15, -0.1) is 0 Å². The lowest BCUT2D eigenvalue weighted by Crippen LogP contribution is -2.24. The number of hydrogen-bond donors (Lipinski definition) is 1. The summed E-state index contributed by atoms with van der Waals surface area (Å²) in [6.07, 6.45) is -1.66. The molecule has 0 heterocycles. The Hall–Kier alpha value is -2.67. The Bertz CT molecular complexity index is 881. The van der Waals surface area contributed by atoms with Crippen molar-refractivity contribution in [2.45, 2.75) is 19.1 Å². The molecule has 0 aliphatic carbocycles. The Balaban J connectivity index is 2.11. The van der Waals surface area contributed by atoms with Gasteiger partial charge in [0.25, 0.3) is 0 Å². The third kappa shape index (κ3) is 5.42. The molecular weight excluding hydrogens is 395 g/mol. The normalized spacial score (nSPS) is 12.7. The number of hydrogen-bond acceptors (Lipinski definition) is 3. The zero-order valence-electron chi connectivity index (χ0n) is 15.4. The number of benzene rings is 2. The molecule has 2 rings (SSSR count). The van der Waals surface area contributed by atoms with Crippen LogP contribution < -0.4 is 14.8 Å². The minimum atomic E-state index is -4.44. The summed E-state index contributed by atoms with van der Waals surface area (Å²) >= 11 is 6.11. The van der Waals surface area contributed by atoms with E-state index in [-0.39, 0.29) is 0 Å². The lowest BCUT2D eigenvalue weighted by Gasteiger charge is -2.15. The molecule has 28 heavy (non-hydrogen) atoms. The van der Waals surface area contributed by atoms with Crippen molar-refractivity contribution >= 4 is 23.6 Å². The van der Waals surface area contributed by atoms with Gasteiger partial charge in [0.2, 0.25) is 5.91 Å². The largest absolute Gasteiger partial charge is 0.493 e. The fourth-order valence-electron chi connectivity index (χ4n) is 2.54. The molecule has 0 saturated carbocycles. The standard InChI is InChI=1S/C20H19ClF3NO3/c1-12(14-5-4-6-15(11-14)20(22,23)24)25-18(26)8-7-13-9-16(21)19(28-3)17(10-13)27-2/h4-12H,1-3H3,(H,25,26)/b8-7+. The molecule has 0 aromatic heterocycles. The highest BCUT2D eigenvalue weighted by molar-refractivity contribution is 6.32. The van der Waals surface area contributed by atoms with Gasteiger partial charge in [0.05, 0.1) is 30.8 Å². The van der Waals surface area contributed by atoms with Crippen molar-refractivity contribution in [3.05, 3.63) is 64.2 Å². The van der Waals surface area contributed by atoms with E-state index >= 15 is 0 Å². The minimum absolute atomic E-state index is 0.319. The summed E-state index contributed by atoms with van der Waals surface area (Å²) in [5.41, 5.74) is 0.192. The number of carbonyl (C=O) groups excluding carboxylic acids is 1. The number of nitrogens with one attached hydrogen (secondary N) is 1. The second-order valence-electron chi connectivity index (χ2n) is 5.93. The van der Waals surface area contributed by atoms with Gasteiger partial charge in [-0.25, -0.2) is 0 Å². The Kier molecular flexibility index (Phi) is 6.96. The van der Waals surface area contributed by atoms with Crippen molar-refractivity contribution in [1.29, 1.82) is 0 Å². The Morgan fingerprint density at radius 3 is 2.50 bits per heavy atom. The average molecular weight is 414 g/mol. The van der Waals surface area contributed by atoms with Crippen molar-refractivity contribution in [3.8, 4) is 11.5 Å². The van der Waals surface area contributed by atoms with E-state index in [4.69, 9.17) is 21.1 Å². The topological polar surface area (TPSA) is 47.6 Å². The van der Waals surface area contributed by atoms with Crippen molar-refractivity contribution in [1.82, 2.24) is 5.32 Å². The van der Waals surface area contributed by atoms with E-state index in [9.17, 15) is 18.0 Å². The predicted molar refractivity (Wildman–Crippen MR) is 102 cm³/mol. The van der Waals surface area contributed by atoms with E-state index in [1.807, 2.05) is 0 Å². The quantitative estimate of drug-likeness (QED) is 0.656. The molecule has 0 spiro atoms. The molecule has 0 fully saturated rings. The van der Waals surface area contributed by atoms with Crippen molar-refractivity contribution in [3.63, 3.8) is 0 Å². The molecule has 8 heteroatoms. The third-order valence-electron chi connectivity index (χ3n) is 3.96. The van der Waals surface area contributed by atoms with E-state index in [0.29, 0.717) is 27.6 Å². The second kappa shape index (κ2) is 9.01. The molecule has 1 unspecified atom stereocenters. The molecule has 2 aromatic carbocycles. The molecule has 4 nitrogen and oxygen atoms in total. The van der Waals surface area contributed by atoms with Gasteiger partial charge in [-0.3, -0.25) is 4.79 Å². The highest BCUT2D eigenvalue weighted by Gasteiger charge is 2.30. The van der Waals surface area contributed by atoms with Crippen LogP contribution in [0.3, 0.4) is 0 Å². The van der Waals surface area contributed by atoms with Crippen molar-refractivity contribution < 1.29 is 27.4 Å². The number of ether oxygens (including phenoxy) is 2. The van der Waals surface area contributed by atoms with Crippen molar-refractivity contribution in [2.24, 2.45) is 0 Å². The van der Waals surface area contributed by atoms with Crippen LogP contribution in [0.25, 0.3) is 6.08 Å². The smallest absolute Gasteiger partial charge is 0.416 e. The summed E-state index contributed by atoms with van der Waals surface area (Å²) in [6, 6.07) is 7.48. The number of halogens is 4. The lowest BCUT2D eigenvalue weighted by atomic mass is 10.0. The number of rotatable bonds is 6. The van der Waals surface area contributed by atoms with Crippen LogP contribution >= 0.6 is 11.6 Å². The van der Waals surface area contributed by atoms with Crippen LogP contribution in [-0.4, -0.2) is 20.1 Å². The van der Waals surface area contributed by atoms with Crippen LogP contribution in [0.5, 0.6) is 11.5 Å². The number of methoxy groups -OCH3 is 2. The van der Waals surface area contributed by atoms with E-state index in [1.54, 1.807) is 19.1 Å². The highest BCUT2D eigenvalue weighted by atomic mass is 35.5. The van der Waals surface area contributed by atoms with Gasteiger partial charge in [0.1, 0.15) is 0 Å². The molecule has 0 bridgehead atoms. The fourth-order valence-corrected chi connectivity index (χ4v) is 2.83. The second-order valence-corrected chi connectivity index (χ2v) is 6.33. The molecule has 0 saturated heterocycles. The Morgan fingerprint density at radius 1 is 1.18 bits per heavy atom.